The summed E-state index contributed by atoms with van der Waals surface area (Å²) in [7, 11) is 0. The highest BCUT2D eigenvalue weighted by Gasteiger charge is 2.53. The van der Waals surface area contributed by atoms with Crippen LogP contribution in [0.3, 0.4) is 0 Å². The molecule has 0 spiro atoms. The smallest absolute Gasteiger partial charge is 0.0621 e. The van der Waals surface area contributed by atoms with E-state index in [9.17, 15) is 0 Å². The van der Waals surface area contributed by atoms with E-state index in [2.05, 4.69) is 23.3 Å². The normalized spacial score (nSPS) is 30.7. The highest BCUT2D eigenvalue weighted by Crippen LogP contribution is 2.57. The molecule has 1 N–H and O–H groups in total. The summed E-state index contributed by atoms with van der Waals surface area (Å²) in [6.45, 7) is 3.25. The van der Waals surface area contributed by atoms with Crippen molar-refractivity contribution in [2.75, 3.05) is 6.54 Å². The first-order valence-electron chi connectivity index (χ1n) is 7.63. The van der Waals surface area contributed by atoms with Crippen LogP contribution in [0.4, 0.5) is 0 Å². The Kier molecular flexibility index (Phi) is 4.09. The lowest BCUT2D eigenvalue weighted by atomic mass is 10.0. The lowest BCUT2D eigenvalue weighted by Crippen LogP contribution is -2.34. The molecule has 19 heavy (non-hydrogen) atoms. The Hall–Kier alpha value is -0.600. The van der Waals surface area contributed by atoms with Crippen LogP contribution in [0.2, 0.25) is 5.02 Å². The standard InChI is InChI=1S/C16H23ClN2/c1-2-19-15(9-11-7-8-18-10-14(11)17)16-12-5-3-4-6-13(12)16/h7-8,10,12-13,15-16,19H,2-6,9H2,1H3. The van der Waals surface area contributed by atoms with Gasteiger partial charge in [-0.15, -0.1) is 0 Å². The van der Waals surface area contributed by atoms with Crippen molar-refractivity contribution < 1.29 is 0 Å². The van der Waals surface area contributed by atoms with Crippen LogP contribution in [0.5, 0.6) is 0 Å². The molecular weight excluding hydrogens is 256 g/mol. The van der Waals surface area contributed by atoms with Gasteiger partial charge in [-0.25, -0.2) is 0 Å². The number of fused-ring (bicyclic) bond motifs is 1. The first kappa shape index (κ1) is 13.4. The summed E-state index contributed by atoms with van der Waals surface area (Å²) in [6.07, 6.45) is 10.4. The molecule has 1 aromatic heterocycles. The molecule has 3 atom stereocenters. The van der Waals surface area contributed by atoms with E-state index in [1.807, 2.05) is 6.20 Å². The fourth-order valence-electron chi connectivity index (χ4n) is 4.06. The number of likely N-dealkylation sites (N-methyl/N-ethyl adjacent to an activating group) is 1. The van der Waals surface area contributed by atoms with Gasteiger partial charge in [-0.3, -0.25) is 4.98 Å². The minimum absolute atomic E-state index is 0.595. The van der Waals surface area contributed by atoms with Crippen LogP contribution in [-0.4, -0.2) is 17.6 Å². The van der Waals surface area contributed by atoms with E-state index in [1.165, 1.54) is 31.2 Å². The number of pyridine rings is 1. The molecule has 2 saturated carbocycles. The molecule has 3 heteroatoms. The van der Waals surface area contributed by atoms with E-state index in [0.717, 1.165) is 35.7 Å². The van der Waals surface area contributed by atoms with Crippen molar-refractivity contribution in [3.8, 4) is 0 Å². The van der Waals surface area contributed by atoms with Crippen LogP contribution in [0.1, 0.15) is 38.2 Å². The van der Waals surface area contributed by atoms with Crippen LogP contribution in [0.15, 0.2) is 18.5 Å². The lowest BCUT2D eigenvalue weighted by molar-refractivity contribution is 0.437. The number of hydrogen-bond donors (Lipinski definition) is 1. The van der Waals surface area contributed by atoms with Crippen molar-refractivity contribution in [2.45, 2.75) is 45.1 Å². The summed E-state index contributed by atoms with van der Waals surface area (Å²) in [4.78, 5) is 4.08. The van der Waals surface area contributed by atoms with E-state index in [-0.39, 0.29) is 0 Å². The first-order valence-corrected chi connectivity index (χ1v) is 8.00. The van der Waals surface area contributed by atoms with Crippen LogP contribution >= 0.6 is 11.6 Å². The average molecular weight is 279 g/mol. The number of halogens is 1. The highest BCUT2D eigenvalue weighted by molar-refractivity contribution is 6.31. The third-order valence-electron chi connectivity index (χ3n) is 4.95. The van der Waals surface area contributed by atoms with Crippen molar-refractivity contribution in [1.82, 2.24) is 10.3 Å². The molecule has 2 nitrogen and oxygen atoms in total. The van der Waals surface area contributed by atoms with Crippen molar-refractivity contribution in [3.05, 3.63) is 29.0 Å². The highest BCUT2D eigenvalue weighted by atomic mass is 35.5. The summed E-state index contributed by atoms with van der Waals surface area (Å²) >= 11 is 6.26. The Morgan fingerprint density at radius 2 is 2.11 bits per heavy atom. The van der Waals surface area contributed by atoms with Crippen LogP contribution in [-0.2, 0) is 6.42 Å². The second-order valence-corrected chi connectivity index (χ2v) is 6.43. The van der Waals surface area contributed by atoms with Gasteiger partial charge in [0.15, 0.2) is 0 Å². The van der Waals surface area contributed by atoms with Gasteiger partial charge in [-0.05, 0) is 55.2 Å². The second kappa shape index (κ2) is 5.80. The van der Waals surface area contributed by atoms with Crippen molar-refractivity contribution in [1.29, 1.82) is 0 Å². The van der Waals surface area contributed by atoms with Gasteiger partial charge in [0.1, 0.15) is 0 Å². The SMILES string of the molecule is CCNC(Cc1ccncc1Cl)C1C2CCCCC21. The summed E-state index contributed by atoms with van der Waals surface area (Å²) in [5.74, 6) is 2.85. The maximum absolute atomic E-state index is 6.26. The van der Waals surface area contributed by atoms with E-state index in [4.69, 9.17) is 11.6 Å². The molecule has 0 aromatic carbocycles. The quantitative estimate of drug-likeness (QED) is 0.888. The van der Waals surface area contributed by atoms with E-state index in [1.54, 1.807) is 6.20 Å². The maximum Gasteiger partial charge on any atom is 0.0621 e. The monoisotopic (exact) mass is 278 g/mol. The van der Waals surface area contributed by atoms with Crippen molar-refractivity contribution >= 4 is 11.6 Å². The predicted octanol–water partition coefficient (Wildman–Crippen LogP) is 3.69. The molecule has 104 valence electrons. The second-order valence-electron chi connectivity index (χ2n) is 6.02. The van der Waals surface area contributed by atoms with Gasteiger partial charge in [-0.2, -0.15) is 0 Å². The molecule has 2 fully saturated rings. The summed E-state index contributed by atoms with van der Waals surface area (Å²) in [5, 5.41) is 4.51. The summed E-state index contributed by atoms with van der Waals surface area (Å²) in [6, 6.07) is 2.66. The lowest BCUT2D eigenvalue weighted by Gasteiger charge is -2.19. The zero-order valence-electron chi connectivity index (χ0n) is 11.6. The Balaban J connectivity index is 1.70. The topological polar surface area (TPSA) is 24.9 Å². The van der Waals surface area contributed by atoms with Crippen LogP contribution in [0, 0.1) is 17.8 Å². The summed E-state index contributed by atoms with van der Waals surface area (Å²) < 4.78 is 0. The average Bonchev–Trinajstić information content (AvgIpc) is 3.15. The Labute approximate surface area is 121 Å². The van der Waals surface area contributed by atoms with Gasteiger partial charge in [0.05, 0.1) is 5.02 Å². The van der Waals surface area contributed by atoms with Gasteiger partial charge in [-0.1, -0.05) is 31.4 Å². The first-order chi connectivity index (χ1) is 9.31. The molecular formula is C16H23ClN2. The number of hydrogen-bond acceptors (Lipinski definition) is 2. The number of nitrogens with zero attached hydrogens (tertiary/aromatic N) is 1. The molecule has 1 heterocycles. The van der Waals surface area contributed by atoms with Gasteiger partial charge in [0.2, 0.25) is 0 Å². The number of aromatic nitrogens is 1. The maximum atomic E-state index is 6.26. The largest absolute Gasteiger partial charge is 0.314 e. The molecule has 1 aromatic rings. The van der Waals surface area contributed by atoms with Crippen LogP contribution < -0.4 is 5.32 Å². The molecule has 3 rings (SSSR count). The van der Waals surface area contributed by atoms with Gasteiger partial charge in [0, 0.05) is 18.4 Å². The minimum atomic E-state index is 0.595. The number of rotatable bonds is 5. The van der Waals surface area contributed by atoms with E-state index < -0.39 is 0 Å². The predicted molar refractivity (Wildman–Crippen MR) is 79.4 cm³/mol. The molecule has 3 unspecified atom stereocenters. The number of nitrogens with one attached hydrogen (secondary N) is 1. The Morgan fingerprint density at radius 3 is 2.74 bits per heavy atom. The fourth-order valence-corrected chi connectivity index (χ4v) is 4.25. The molecule has 0 aliphatic heterocycles. The Morgan fingerprint density at radius 1 is 1.37 bits per heavy atom. The molecule has 2 aliphatic carbocycles. The third kappa shape index (κ3) is 2.80. The third-order valence-corrected chi connectivity index (χ3v) is 5.29. The van der Waals surface area contributed by atoms with E-state index >= 15 is 0 Å². The molecule has 0 radical (unpaired) electrons. The molecule has 0 saturated heterocycles. The fraction of sp³-hybridized carbons (Fsp3) is 0.688. The van der Waals surface area contributed by atoms with E-state index in [0.29, 0.717) is 6.04 Å². The van der Waals surface area contributed by atoms with Gasteiger partial charge in [0.25, 0.3) is 0 Å². The van der Waals surface area contributed by atoms with Gasteiger partial charge < -0.3 is 5.32 Å². The minimum Gasteiger partial charge on any atom is -0.314 e. The van der Waals surface area contributed by atoms with Crippen LogP contribution in [0.25, 0.3) is 0 Å². The van der Waals surface area contributed by atoms with Crippen molar-refractivity contribution in [2.24, 2.45) is 17.8 Å². The zero-order chi connectivity index (χ0) is 13.2. The van der Waals surface area contributed by atoms with Gasteiger partial charge >= 0.3 is 0 Å². The summed E-state index contributed by atoms with van der Waals surface area (Å²) in [5.41, 5.74) is 1.24. The molecule has 0 bridgehead atoms. The molecule has 2 aliphatic rings. The molecule has 0 amide bonds. The zero-order valence-corrected chi connectivity index (χ0v) is 12.4. The van der Waals surface area contributed by atoms with Crippen molar-refractivity contribution in [3.63, 3.8) is 0 Å². The Bertz CT molecular complexity index is 423.